The lowest BCUT2D eigenvalue weighted by molar-refractivity contribution is 1.32. The molecular formula is C24H18N2S. The van der Waals surface area contributed by atoms with Gasteiger partial charge in [-0.25, -0.2) is 4.98 Å². The number of benzene rings is 3. The van der Waals surface area contributed by atoms with E-state index < -0.39 is 0 Å². The monoisotopic (exact) mass is 366 g/mol. The van der Waals surface area contributed by atoms with Crippen LogP contribution in [-0.2, 0) is 0 Å². The second-order valence-electron chi connectivity index (χ2n) is 6.59. The second-order valence-corrected chi connectivity index (χ2v) is 7.45. The Kier molecular flexibility index (Phi) is 4.58. The van der Waals surface area contributed by atoms with Gasteiger partial charge in [-0.2, -0.15) is 5.26 Å². The van der Waals surface area contributed by atoms with Crippen LogP contribution in [0.1, 0.15) is 21.7 Å². The summed E-state index contributed by atoms with van der Waals surface area (Å²) in [6, 6.07) is 23.0. The summed E-state index contributed by atoms with van der Waals surface area (Å²) in [6.45, 7) is 4.18. The first-order valence-electron chi connectivity index (χ1n) is 8.79. The van der Waals surface area contributed by atoms with Crippen LogP contribution in [-0.4, -0.2) is 4.98 Å². The Labute approximate surface area is 163 Å². The molecule has 0 aliphatic rings. The maximum Gasteiger partial charge on any atom is 0.134 e. The smallest absolute Gasteiger partial charge is 0.134 e. The average molecular weight is 366 g/mol. The van der Waals surface area contributed by atoms with Gasteiger partial charge in [-0.1, -0.05) is 66.2 Å². The predicted molar refractivity (Wildman–Crippen MR) is 114 cm³/mol. The van der Waals surface area contributed by atoms with E-state index in [1.54, 1.807) is 0 Å². The van der Waals surface area contributed by atoms with Gasteiger partial charge < -0.3 is 0 Å². The van der Waals surface area contributed by atoms with Gasteiger partial charge in [0.05, 0.1) is 11.3 Å². The number of aromatic nitrogens is 1. The SMILES string of the molecule is Cc1ccc(-c2csc(C(C#N)=Cc3cccc4ccccc34)n2)c(C)c1. The number of rotatable bonds is 3. The number of allylic oxidation sites excluding steroid dienone is 1. The van der Waals surface area contributed by atoms with Crippen molar-refractivity contribution in [3.8, 4) is 17.3 Å². The molecule has 27 heavy (non-hydrogen) atoms. The van der Waals surface area contributed by atoms with Crippen molar-refractivity contribution in [3.05, 3.63) is 87.7 Å². The van der Waals surface area contributed by atoms with E-state index in [4.69, 9.17) is 4.98 Å². The maximum atomic E-state index is 9.73. The quantitative estimate of drug-likeness (QED) is 0.381. The molecule has 0 aliphatic heterocycles. The molecular weight excluding hydrogens is 348 g/mol. The molecule has 3 aromatic carbocycles. The van der Waals surface area contributed by atoms with E-state index in [2.05, 4.69) is 56.3 Å². The minimum atomic E-state index is 0.590. The third kappa shape index (κ3) is 3.40. The number of hydrogen-bond donors (Lipinski definition) is 0. The van der Waals surface area contributed by atoms with E-state index in [1.807, 2.05) is 35.7 Å². The lowest BCUT2D eigenvalue weighted by Crippen LogP contribution is -1.87. The molecule has 4 aromatic rings. The van der Waals surface area contributed by atoms with Crippen LogP contribution < -0.4 is 0 Å². The summed E-state index contributed by atoms with van der Waals surface area (Å²) < 4.78 is 0. The molecule has 0 fully saturated rings. The lowest BCUT2D eigenvalue weighted by atomic mass is 10.0. The minimum Gasteiger partial charge on any atom is -0.235 e. The van der Waals surface area contributed by atoms with Crippen molar-refractivity contribution in [1.82, 2.24) is 4.98 Å². The van der Waals surface area contributed by atoms with Crippen molar-refractivity contribution in [1.29, 1.82) is 5.26 Å². The van der Waals surface area contributed by atoms with Gasteiger partial charge in [-0.15, -0.1) is 11.3 Å². The number of nitriles is 1. The molecule has 0 N–H and O–H groups in total. The molecule has 0 amide bonds. The molecule has 1 heterocycles. The van der Waals surface area contributed by atoms with Gasteiger partial charge >= 0.3 is 0 Å². The Balaban J connectivity index is 1.77. The summed E-state index contributed by atoms with van der Waals surface area (Å²) >= 11 is 1.51. The van der Waals surface area contributed by atoms with Crippen LogP contribution in [0.25, 0.3) is 33.7 Å². The average Bonchev–Trinajstić information content (AvgIpc) is 3.15. The zero-order chi connectivity index (χ0) is 18.8. The highest BCUT2D eigenvalue weighted by Gasteiger charge is 2.11. The van der Waals surface area contributed by atoms with E-state index in [0.717, 1.165) is 27.2 Å². The van der Waals surface area contributed by atoms with E-state index in [0.29, 0.717) is 5.57 Å². The number of hydrogen-bond acceptors (Lipinski definition) is 3. The fourth-order valence-corrected chi connectivity index (χ4v) is 4.08. The fourth-order valence-electron chi connectivity index (χ4n) is 3.30. The highest BCUT2D eigenvalue weighted by atomic mass is 32.1. The molecule has 1 aromatic heterocycles. The van der Waals surface area contributed by atoms with Crippen molar-refractivity contribution in [2.75, 3.05) is 0 Å². The van der Waals surface area contributed by atoms with Crippen LogP contribution in [0.4, 0.5) is 0 Å². The van der Waals surface area contributed by atoms with Gasteiger partial charge in [0, 0.05) is 10.9 Å². The Morgan fingerprint density at radius 1 is 1.04 bits per heavy atom. The van der Waals surface area contributed by atoms with Crippen molar-refractivity contribution in [2.24, 2.45) is 0 Å². The summed E-state index contributed by atoms with van der Waals surface area (Å²) in [5, 5.41) is 14.8. The molecule has 0 aliphatic carbocycles. The minimum absolute atomic E-state index is 0.590. The van der Waals surface area contributed by atoms with Crippen molar-refractivity contribution in [2.45, 2.75) is 13.8 Å². The summed E-state index contributed by atoms with van der Waals surface area (Å²) in [6.07, 6.45) is 1.94. The first-order valence-corrected chi connectivity index (χ1v) is 9.67. The Morgan fingerprint density at radius 3 is 2.67 bits per heavy atom. The molecule has 0 radical (unpaired) electrons. The van der Waals surface area contributed by atoms with Gasteiger partial charge in [0.1, 0.15) is 11.1 Å². The lowest BCUT2D eigenvalue weighted by Gasteiger charge is -2.04. The highest BCUT2D eigenvalue weighted by Crippen LogP contribution is 2.30. The normalized spacial score (nSPS) is 11.5. The van der Waals surface area contributed by atoms with E-state index in [1.165, 1.54) is 27.8 Å². The van der Waals surface area contributed by atoms with Crippen LogP contribution in [0, 0.1) is 25.2 Å². The number of aryl methyl sites for hydroxylation is 2. The van der Waals surface area contributed by atoms with Crippen molar-refractivity contribution >= 4 is 33.8 Å². The summed E-state index contributed by atoms with van der Waals surface area (Å²) in [4.78, 5) is 4.75. The molecule has 0 spiro atoms. The van der Waals surface area contributed by atoms with E-state index >= 15 is 0 Å². The first-order chi connectivity index (χ1) is 13.2. The molecule has 0 unspecified atom stereocenters. The molecule has 4 rings (SSSR count). The van der Waals surface area contributed by atoms with Crippen LogP contribution >= 0.6 is 11.3 Å². The largest absolute Gasteiger partial charge is 0.235 e. The van der Waals surface area contributed by atoms with Gasteiger partial charge in [-0.05, 0) is 41.8 Å². The predicted octanol–water partition coefficient (Wildman–Crippen LogP) is 6.64. The van der Waals surface area contributed by atoms with Crippen LogP contribution in [0.15, 0.2) is 66.0 Å². The summed E-state index contributed by atoms with van der Waals surface area (Å²) in [7, 11) is 0. The Bertz CT molecular complexity index is 1200. The zero-order valence-corrected chi connectivity index (χ0v) is 16.0. The molecule has 0 bridgehead atoms. The number of thiazole rings is 1. The van der Waals surface area contributed by atoms with E-state index in [-0.39, 0.29) is 0 Å². The Morgan fingerprint density at radius 2 is 1.85 bits per heavy atom. The van der Waals surface area contributed by atoms with Gasteiger partial charge in [0.2, 0.25) is 0 Å². The van der Waals surface area contributed by atoms with Crippen molar-refractivity contribution in [3.63, 3.8) is 0 Å². The molecule has 130 valence electrons. The highest BCUT2D eigenvalue weighted by molar-refractivity contribution is 7.11. The van der Waals surface area contributed by atoms with E-state index in [9.17, 15) is 5.26 Å². The van der Waals surface area contributed by atoms with Crippen molar-refractivity contribution < 1.29 is 0 Å². The van der Waals surface area contributed by atoms with Gasteiger partial charge in [0.15, 0.2) is 0 Å². The maximum absolute atomic E-state index is 9.73. The topological polar surface area (TPSA) is 36.7 Å². The Hall–Kier alpha value is -3.22. The molecule has 0 saturated heterocycles. The molecule has 0 atom stereocenters. The van der Waals surface area contributed by atoms with Gasteiger partial charge in [-0.3, -0.25) is 0 Å². The molecule has 0 saturated carbocycles. The van der Waals surface area contributed by atoms with Crippen LogP contribution in [0.5, 0.6) is 0 Å². The zero-order valence-electron chi connectivity index (χ0n) is 15.2. The third-order valence-corrected chi connectivity index (χ3v) is 5.51. The summed E-state index contributed by atoms with van der Waals surface area (Å²) in [5.41, 5.74) is 6.10. The fraction of sp³-hybridized carbons (Fsp3) is 0.0833. The third-order valence-electron chi connectivity index (χ3n) is 4.64. The van der Waals surface area contributed by atoms with Crippen LogP contribution in [0.2, 0.25) is 0 Å². The number of nitrogens with zero attached hydrogens (tertiary/aromatic N) is 2. The molecule has 3 heteroatoms. The van der Waals surface area contributed by atoms with Gasteiger partial charge in [0.25, 0.3) is 0 Å². The first kappa shape index (κ1) is 17.2. The standard InChI is InChI=1S/C24H18N2S/c1-16-10-11-21(17(2)12-16)23-15-27-24(26-23)20(14-25)13-19-8-5-7-18-6-3-4-9-22(18)19/h3-13,15H,1-2H3. The summed E-state index contributed by atoms with van der Waals surface area (Å²) in [5.74, 6) is 0. The van der Waals surface area contributed by atoms with Crippen LogP contribution in [0.3, 0.4) is 0 Å². The molecule has 2 nitrogen and oxygen atoms in total. The number of fused-ring (bicyclic) bond motifs is 1. The second kappa shape index (κ2) is 7.19.